The van der Waals surface area contributed by atoms with Gasteiger partial charge < -0.3 is 24.6 Å². The summed E-state index contributed by atoms with van der Waals surface area (Å²) in [5.41, 5.74) is 1.70. The molecule has 0 aliphatic carbocycles. The molecule has 2 atom stereocenters. The Bertz CT molecular complexity index is 768. The first-order valence-corrected chi connectivity index (χ1v) is 11.1. The molecule has 1 aromatic carbocycles. The Morgan fingerprint density at radius 3 is 2.62 bits per heavy atom. The molecule has 0 spiro atoms. The van der Waals surface area contributed by atoms with E-state index in [1.165, 1.54) is 4.90 Å². The zero-order valence-electron chi connectivity index (χ0n) is 18.4. The third-order valence-corrected chi connectivity index (χ3v) is 5.76. The van der Waals surface area contributed by atoms with Crippen LogP contribution < -0.4 is 10.2 Å². The summed E-state index contributed by atoms with van der Waals surface area (Å²) in [5.74, 6) is -1.24. The van der Waals surface area contributed by atoms with E-state index in [0.717, 1.165) is 31.6 Å². The fraction of sp³-hybridized carbons (Fsp3) is 0.591. The minimum absolute atomic E-state index is 0.00202. The van der Waals surface area contributed by atoms with Crippen LogP contribution in [0.5, 0.6) is 0 Å². The van der Waals surface area contributed by atoms with Gasteiger partial charge in [-0.3, -0.25) is 19.6 Å². The molecule has 2 fully saturated rings. The molecule has 2 aliphatic rings. The first kappa shape index (κ1) is 24.0. The van der Waals surface area contributed by atoms with Crippen LogP contribution in [0.1, 0.15) is 26.2 Å². The molecule has 176 valence electrons. The highest BCUT2D eigenvalue weighted by Gasteiger charge is 2.38. The molecule has 2 N–H and O–H groups in total. The normalized spacial score (nSPS) is 19.5. The van der Waals surface area contributed by atoms with Gasteiger partial charge in [0, 0.05) is 24.5 Å². The van der Waals surface area contributed by atoms with Gasteiger partial charge in [0.2, 0.25) is 18.2 Å². The van der Waals surface area contributed by atoms with Crippen molar-refractivity contribution in [3.8, 4) is 0 Å². The number of hydroxylamine groups is 2. The van der Waals surface area contributed by atoms with Crippen LogP contribution >= 0.6 is 0 Å². The predicted octanol–water partition coefficient (Wildman–Crippen LogP) is 1.30. The van der Waals surface area contributed by atoms with Crippen molar-refractivity contribution in [1.82, 2.24) is 9.96 Å². The van der Waals surface area contributed by atoms with Gasteiger partial charge >= 0.3 is 0 Å². The number of ether oxygens (including phenoxy) is 2. The molecule has 3 amide bonds. The number of rotatable bonds is 10. The average Bonchev–Trinajstić information content (AvgIpc) is 3.32. The number of amides is 3. The number of nitrogens with one attached hydrogen (secondary N) is 1. The molecule has 32 heavy (non-hydrogen) atoms. The highest BCUT2D eigenvalue weighted by atomic mass is 16.5. The zero-order chi connectivity index (χ0) is 22.9. The lowest BCUT2D eigenvalue weighted by atomic mass is 9.99. The molecule has 0 unspecified atom stereocenters. The van der Waals surface area contributed by atoms with Crippen LogP contribution in [0.15, 0.2) is 24.3 Å². The quantitative estimate of drug-likeness (QED) is 0.315. The van der Waals surface area contributed by atoms with Gasteiger partial charge in [0.25, 0.3) is 0 Å². The van der Waals surface area contributed by atoms with Gasteiger partial charge in [-0.25, -0.2) is 5.06 Å². The van der Waals surface area contributed by atoms with Crippen molar-refractivity contribution in [3.63, 3.8) is 0 Å². The minimum Gasteiger partial charge on any atom is -0.378 e. The van der Waals surface area contributed by atoms with E-state index in [1.54, 1.807) is 0 Å². The maximum atomic E-state index is 13.1. The van der Waals surface area contributed by atoms with Gasteiger partial charge in [-0.15, -0.1) is 0 Å². The third kappa shape index (κ3) is 6.18. The lowest BCUT2D eigenvalue weighted by Crippen LogP contribution is -2.48. The third-order valence-electron chi connectivity index (χ3n) is 5.76. The predicted molar refractivity (Wildman–Crippen MR) is 117 cm³/mol. The first-order chi connectivity index (χ1) is 15.5. The molecule has 10 nitrogen and oxygen atoms in total. The second-order valence-electron chi connectivity index (χ2n) is 8.03. The Morgan fingerprint density at radius 2 is 1.97 bits per heavy atom. The molecule has 0 aromatic heterocycles. The topological polar surface area (TPSA) is 112 Å². The highest BCUT2D eigenvalue weighted by Crippen LogP contribution is 2.22. The highest BCUT2D eigenvalue weighted by molar-refractivity contribution is 5.98. The van der Waals surface area contributed by atoms with Crippen LogP contribution in [-0.4, -0.2) is 85.6 Å². The fourth-order valence-corrected chi connectivity index (χ4v) is 3.93. The van der Waals surface area contributed by atoms with Gasteiger partial charge in [-0.2, -0.15) is 0 Å². The number of carbonyl (C=O) groups excluding carboxylic acids is 3. The van der Waals surface area contributed by atoms with Gasteiger partial charge in [-0.1, -0.05) is 19.8 Å². The van der Waals surface area contributed by atoms with Crippen molar-refractivity contribution in [1.29, 1.82) is 0 Å². The molecule has 2 heterocycles. The van der Waals surface area contributed by atoms with E-state index in [-0.39, 0.29) is 38.1 Å². The Morgan fingerprint density at radius 1 is 1.25 bits per heavy atom. The number of nitrogens with zero attached hydrogens (tertiary/aromatic N) is 3. The number of anilines is 2. The lowest BCUT2D eigenvalue weighted by Gasteiger charge is -2.29. The summed E-state index contributed by atoms with van der Waals surface area (Å²) in [7, 11) is 0. The van der Waals surface area contributed by atoms with E-state index >= 15 is 0 Å². The SMILES string of the molecule is CCCC[C@H](CN(O)C=O)C(=O)N1COC[C@H]1C(=O)Nc1ccc(N2CCOCC2)cc1. The molecule has 3 rings (SSSR count). The smallest absolute Gasteiger partial charge is 0.249 e. The van der Waals surface area contributed by atoms with Gasteiger partial charge in [-0.05, 0) is 30.7 Å². The summed E-state index contributed by atoms with van der Waals surface area (Å²) in [5, 5.41) is 12.9. The van der Waals surface area contributed by atoms with Crippen LogP contribution in [-0.2, 0) is 23.9 Å². The number of carbonyl (C=O) groups is 3. The number of morpholine rings is 1. The van der Waals surface area contributed by atoms with Crippen LogP contribution in [0.25, 0.3) is 0 Å². The van der Waals surface area contributed by atoms with Crippen molar-refractivity contribution in [3.05, 3.63) is 24.3 Å². The average molecular weight is 449 g/mol. The molecular formula is C22H32N4O6. The second kappa shape index (κ2) is 11.8. The Hall–Kier alpha value is -2.69. The summed E-state index contributed by atoms with van der Waals surface area (Å²) in [6.45, 7) is 5.04. The van der Waals surface area contributed by atoms with Crippen LogP contribution in [0, 0.1) is 5.92 Å². The van der Waals surface area contributed by atoms with E-state index in [9.17, 15) is 19.6 Å². The van der Waals surface area contributed by atoms with E-state index in [2.05, 4.69) is 10.2 Å². The second-order valence-corrected chi connectivity index (χ2v) is 8.03. The monoisotopic (exact) mass is 448 g/mol. The minimum atomic E-state index is -0.770. The first-order valence-electron chi connectivity index (χ1n) is 11.1. The summed E-state index contributed by atoms with van der Waals surface area (Å²) in [6, 6.07) is 6.80. The van der Waals surface area contributed by atoms with Crippen LogP contribution in [0.4, 0.5) is 11.4 Å². The van der Waals surface area contributed by atoms with E-state index in [1.807, 2.05) is 31.2 Å². The number of benzene rings is 1. The molecule has 0 radical (unpaired) electrons. The van der Waals surface area contributed by atoms with Gasteiger partial charge in [0.15, 0.2) is 0 Å². The fourth-order valence-electron chi connectivity index (χ4n) is 3.93. The van der Waals surface area contributed by atoms with Crippen LogP contribution in [0.3, 0.4) is 0 Å². The Kier molecular flexibility index (Phi) is 8.83. The van der Waals surface area contributed by atoms with E-state index < -0.39 is 12.0 Å². The van der Waals surface area contributed by atoms with Gasteiger partial charge in [0.1, 0.15) is 12.8 Å². The van der Waals surface area contributed by atoms with Gasteiger partial charge in [0.05, 0.1) is 32.3 Å². The molecule has 2 aliphatic heterocycles. The van der Waals surface area contributed by atoms with Crippen molar-refractivity contribution in [2.75, 3.05) is 56.4 Å². The zero-order valence-corrected chi connectivity index (χ0v) is 18.4. The Labute approximate surface area is 188 Å². The molecular weight excluding hydrogens is 416 g/mol. The summed E-state index contributed by atoms with van der Waals surface area (Å²) in [6.07, 6.45) is 2.42. The largest absolute Gasteiger partial charge is 0.378 e. The summed E-state index contributed by atoms with van der Waals surface area (Å²) in [4.78, 5) is 40.4. The van der Waals surface area contributed by atoms with Crippen molar-refractivity contribution in [2.24, 2.45) is 5.92 Å². The maximum absolute atomic E-state index is 13.1. The maximum Gasteiger partial charge on any atom is 0.249 e. The molecule has 10 heteroatoms. The summed E-state index contributed by atoms with van der Waals surface area (Å²) >= 11 is 0. The molecule has 2 saturated heterocycles. The van der Waals surface area contributed by atoms with E-state index in [4.69, 9.17) is 9.47 Å². The van der Waals surface area contributed by atoms with Crippen LogP contribution in [0.2, 0.25) is 0 Å². The Balaban J connectivity index is 1.62. The van der Waals surface area contributed by atoms with Crippen molar-refractivity contribution >= 4 is 29.6 Å². The standard InChI is InChI=1S/C22H32N4O6/c1-2-3-4-17(13-25(30)15-27)22(29)26-16-32-14-20(26)21(28)23-18-5-7-19(8-6-18)24-9-11-31-12-10-24/h5-8,15,17,20,30H,2-4,9-14,16H2,1H3,(H,23,28)/t17-,20+/m1/s1. The molecule has 0 saturated carbocycles. The molecule has 0 bridgehead atoms. The van der Waals surface area contributed by atoms with Crippen molar-refractivity contribution in [2.45, 2.75) is 32.2 Å². The summed E-state index contributed by atoms with van der Waals surface area (Å²) < 4.78 is 10.8. The number of hydrogen-bond donors (Lipinski definition) is 2. The molecule has 1 aromatic rings. The van der Waals surface area contributed by atoms with E-state index in [0.29, 0.717) is 30.4 Å². The number of unbranched alkanes of at least 4 members (excludes halogenated alkanes) is 1. The number of hydrogen-bond acceptors (Lipinski definition) is 7. The lowest BCUT2D eigenvalue weighted by molar-refractivity contribution is -0.158. The van der Waals surface area contributed by atoms with Crippen molar-refractivity contribution < 1.29 is 29.1 Å².